The molecule has 0 unspecified atom stereocenters. The minimum atomic E-state index is -0.579. The van der Waals surface area contributed by atoms with Gasteiger partial charge in [0.2, 0.25) is 0 Å². The first kappa shape index (κ1) is 10.1. The molecular formula is C7H8N4O3. The summed E-state index contributed by atoms with van der Waals surface area (Å²) in [7, 11) is 0. The van der Waals surface area contributed by atoms with Crippen LogP contribution in [-0.2, 0) is 0 Å². The van der Waals surface area contributed by atoms with Gasteiger partial charge in [0.25, 0.3) is 11.6 Å². The molecule has 0 bridgehead atoms. The third-order valence-corrected chi connectivity index (χ3v) is 1.62. The van der Waals surface area contributed by atoms with Crippen molar-refractivity contribution in [1.29, 1.82) is 0 Å². The molecule has 0 fully saturated rings. The third-order valence-electron chi connectivity index (χ3n) is 1.62. The first-order valence-electron chi connectivity index (χ1n) is 3.68. The number of aromatic nitrogens is 1. The van der Waals surface area contributed by atoms with E-state index in [1.54, 1.807) is 6.92 Å². The molecule has 0 aliphatic rings. The Hall–Kier alpha value is -2.02. The van der Waals surface area contributed by atoms with Crippen LogP contribution in [0.25, 0.3) is 0 Å². The largest absolute Gasteiger partial charge is 0.289 e. The van der Waals surface area contributed by atoms with E-state index in [1.165, 1.54) is 6.07 Å². The maximum absolute atomic E-state index is 11.0. The molecule has 0 atom stereocenters. The van der Waals surface area contributed by atoms with E-state index in [9.17, 15) is 14.9 Å². The van der Waals surface area contributed by atoms with E-state index in [4.69, 9.17) is 5.84 Å². The summed E-state index contributed by atoms with van der Waals surface area (Å²) in [5, 5.41) is 10.3. The van der Waals surface area contributed by atoms with Gasteiger partial charge in [0.1, 0.15) is 11.9 Å². The molecule has 1 aromatic heterocycles. The van der Waals surface area contributed by atoms with Crippen molar-refractivity contribution in [3.05, 3.63) is 33.6 Å². The number of pyridine rings is 1. The van der Waals surface area contributed by atoms with Crippen molar-refractivity contribution in [3.63, 3.8) is 0 Å². The van der Waals surface area contributed by atoms with E-state index in [1.807, 2.05) is 5.43 Å². The van der Waals surface area contributed by atoms with Crippen LogP contribution in [0.15, 0.2) is 12.3 Å². The molecule has 0 saturated carbocycles. The highest BCUT2D eigenvalue weighted by molar-refractivity contribution is 5.93. The number of nitrogens with one attached hydrogen (secondary N) is 1. The molecule has 0 aliphatic heterocycles. The molecule has 14 heavy (non-hydrogen) atoms. The zero-order valence-electron chi connectivity index (χ0n) is 7.35. The van der Waals surface area contributed by atoms with Gasteiger partial charge in [-0.05, 0) is 12.5 Å². The van der Waals surface area contributed by atoms with E-state index < -0.39 is 10.8 Å². The lowest BCUT2D eigenvalue weighted by molar-refractivity contribution is -0.385. The highest BCUT2D eigenvalue weighted by Gasteiger charge is 2.13. The first-order chi connectivity index (χ1) is 6.56. The topological polar surface area (TPSA) is 111 Å². The van der Waals surface area contributed by atoms with Crippen LogP contribution in [0.2, 0.25) is 0 Å². The van der Waals surface area contributed by atoms with Crippen LogP contribution >= 0.6 is 0 Å². The fourth-order valence-corrected chi connectivity index (χ4v) is 0.966. The number of hydrogen-bond acceptors (Lipinski definition) is 5. The average Bonchev–Trinajstić information content (AvgIpc) is 2.16. The molecule has 1 rings (SSSR count). The van der Waals surface area contributed by atoms with Gasteiger partial charge in [0.15, 0.2) is 0 Å². The second kappa shape index (κ2) is 3.79. The van der Waals surface area contributed by atoms with Crippen molar-refractivity contribution in [3.8, 4) is 0 Å². The Morgan fingerprint density at radius 1 is 1.71 bits per heavy atom. The molecule has 0 aromatic carbocycles. The van der Waals surface area contributed by atoms with Crippen molar-refractivity contribution in [2.75, 3.05) is 0 Å². The quantitative estimate of drug-likeness (QED) is 0.297. The monoisotopic (exact) mass is 196 g/mol. The zero-order chi connectivity index (χ0) is 10.7. The molecule has 74 valence electrons. The van der Waals surface area contributed by atoms with Crippen molar-refractivity contribution in [2.24, 2.45) is 5.84 Å². The van der Waals surface area contributed by atoms with Crippen LogP contribution in [-0.4, -0.2) is 15.8 Å². The smallest absolute Gasteiger partial charge is 0.287 e. The number of aryl methyl sites for hydroxylation is 1. The van der Waals surface area contributed by atoms with Gasteiger partial charge in [-0.15, -0.1) is 0 Å². The van der Waals surface area contributed by atoms with E-state index in [0.717, 1.165) is 6.20 Å². The molecule has 3 N–H and O–H groups in total. The maximum Gasteiger partial charge on any atom is 0.287 e. The van der Waals surface area contributed by atoms with Crippen LogP contribution in [0.4, 0.5) is 5.69 Å². The van der Waals surface area contributed by atoms with Crippen molar-refractivity contribution in [2.45, 2.75) is 6.92 Å². The van der Waals surface area contributed by atoms with Crippen LogP contribution < -0.4 is 11.3 Å². The highest BCUT2D eigenvalue weighted by Crippen LogP contribution is 2.13. The predicted molar refractivity (Wildman–Crippen MR) is 47.3 cm³/mol. The maximum atomic E-state index is 11.0. The minimum Gasteiger partial charge on any atom is -0.289 e. The van der Waals surface area contributed by atoms with Gasteiger partial charge in [0, 0.05) is 6.07 Å². The van der Waals surface area contributed by atoms with Gasteiger partial charge in [-0.25, -0.2) is 10.8 Å². The Morgan fingerprint density at radius 2 is 2.36 bits per heavy atom. The standard InChI is InChI=1S/C7H8N4O3/c1-4-2-5(11(13)14)3-9-6(4)7(12)10-8/h2-3H,8H2,1H3,(H,10,12). The van der Waals surface area contributed by atoms with Gasteiger partial charge in [0.05, 0.1) is 4.92 Å². The van der Waals surface area contributed by atoms with E-state index in [-0.39, 0.29) is 11.4 Å². The van der Waals surface area contributed by atoms with Gasteiger partial charge in [-0.3, -0.25) is 20.3 Å². The molecule has 1 amide bonds. The SMILES string of the molecule is Cc1cc([N+](=O)[O-])cnc1C(=O)NN. The number of nitrogens with two attached hydrogens (primary N) is 1. The summed E-state index contributed by atoms with van der Waals surface area (Å²) >= 11 is 0. The fraction of sp³-hybridized carbons (Fsp3) is 0.143. The van der Waals surface area contributed by atoms with Crippen molar-refractivity contribution >= 4 is 11.6 Å². The van der Waals surface area contributed by atoms with Crippen molar-refractivity contribution in [1.82, 2.24) is 10.4 Å². The van der Waals surface area contributed by atoms with Gasteiger partial charge in [-0.1, -0.05) is 0 Å². The Kier molecular flexibility index (Phi) is 2.73. The lowest BCUT2D eigenvalue weighted by Gasteiger charge is -2.01. The Bertz CT molecular complexity index is 391. The molecule has 0 aliphatic carbocycles. The number of hydrazine groups is 1. The molecule has 0 saturated heterocycles. The second-order valence-corrected chi connectivity index (χ2v) is 2.59. The molecule has 0 radical (unpaired) electrons. The molecule has 1 aromatic rings. The molecule has 7 nitrogen and oxygen atoms in total. The summed E-state index contributed by atoms with van der Waals surface area (Å²) in [6.07, 6.45) is 1.01. The van der Waals surface area contributed by atoms with Crippen LogP contribution in [0.1, 0.15) is 16.1 Å². The predicted octanol–water partition coefficient (Wildman–Crippen LogP) is -0.0983. The summed E-state index contributed by atoms with van der Waals surface area (Å²) in [6.45, 7) is 1.55. The van der Waals surface area contributed by atoms with Gasteiger partial charge < -0.3 is 0 Å². The number of nitro groups is 1. The summed E-state index contributed by atoms with van der Waals surface area (Å²) in [4.78, 5) is 24.4. The number of nitrogen functional groups attached to an aromatic ring is 1. The Labute approximate surface area is 79.1 Å². The lowest BCUT2D eigenvalue weighted by Crippen LogP contribution is -2.31. The molecule has 7 heteroatoms. The summed E-state index contributed by atoms with van der Waals surface area (Å²) in [5.41, 5.74) is 2.23. The number of nitrogens with zero attached hydrogens (tertiary/aromatic N) is 2. The summed E-state index contributed by atoms with van der Waals surface area (Å²) < 4.78 is 0. The number of hydrogen-bond donors (Lipinski definition) is 2. The van der Waals surface area contributed by atoms with Crippen molar-refractivity contribution < 1.29 is 9.72 Å². The number of carbonyl (C=O) groups is 1. The molecular weight excluding hydrogens is 188 g/mol. The Morgan fingerprint density at radius 3 is 2.79 bits per heavy atom. The van der Waals surface area contributed by atoms with Gasteiger partial charge >= 0.3 is 0 Å². The summed E-state index contributed by atoms with van der Waals surface area (Å²) in [5.74, 6) is 4.33. The van der Waals surface area contributed by atoms with Crippen LogP contribution in [0.5, 0.6) is 0 Å². The van der Waals surface area contributed by atoms with Crippen LogP contribution in [0.3, 0.4) is 0 Å². The first-order valence-corrected chi connectivity index (χ1v) is 3.68. The number of carbonyl (C=O) groups excluding carboxylic acids is 1. The van der Waals surface area contributed by atoms with E-state index in [0.29, 0.717) is 5.56 Å². The highest BCUT2D eigenvalue weighted by atomic mass is 16.6. The minimum absolute atomic E-state index is 0.0816. The fourth-order valence-electron chi connectivity index (χ4n) is 0.966. The average molecular weight is 196 g/mol. The van der Waals surface area contributed by atoms with E-state index in [2.05, 4.69) is 4.98 Å². The third kappa shape index (κ3) is 1.83. The molecule has 1 heterocycles. The van der Waals surface area contributed by atoms with Crippen LogP contribution in [0, 0.1) is 17.0 Å². The van der Waals surface area contributed by atoms with Gasteiger partial charge in [-0.2, -0.15) is 0 Å². The lowest BCUT2D eigenvalue weighted by atomic mass is 10.2. The molecule has 0 spiro atoms. The van der Waals surface area contributed by atoms with E-state index >= 15 is 0 Å². The Balaban J connectivity index is 3.14. The summed E-state index contributed by atoms with van der Waals surface area (Å²) in [6, 6.07) is 1.26. The number of amides is 1. The second-order valence-electron chi connectivity index (χ2n) is 2.59. The number of rotatable bonds is 2. The zero-order valence-corrected chi connectivity index (χ0v) is 7.35. The normalized spacial score (nSPS) is 9.57.